The topological polar surface area (TPSA) is 64.2 Å². The molecule has 0 spiro atoms. The smallest absolute Gasteiger partial charge is 0.465 e. The molecule has 8 heteroatoms. The summed E-state index contributed by atoms with van der Waals surface area (Å²) in [6.45, 7) is 1.60. The van der Waals surface area contributed by atoms with Crippen molar-refractivity contribution in [3.63, 3.8) is 0 Å². The van der Waals surface area contributed by atoms with Crippen LogP contribution in [0.15, 0.2) is 24.5 Å². The maximum atomic E-state index is 12.4. The van der Waals surface area contributed by atoms with Crippen LogP contribution in [0.3, 0.4) is 0 Å². The number of halogens is 3. The average Bonchev–Trinajstić information content (AvgIpc) is 2.78. The van der Waals surface area contributed by atoms with E-state index in [2.05, 4.69) is 19.4 Å². The third-order valence-electron chi connectivity index (χ3n) is 2.72. The molecule has 0 amide bonds. The Morgan fingerprint density at radius 2 is 2.10 bits per heavy atom. The van der Waals surface area contributed by atoms with E-state index in [0.29, 0.717) is 5.69 Å². The fourth-order valence-corrected chi connectivity index (χ4v) is 1.88. The summed E-state index contributed by atoms with van der Waals surface area (Å²) in [4.78, 5) is 18.4. The van der Waals surface area contributed by atoms with Crippen molar-refractivity contribution in [3.8, 4) is 17.0 Å². The van der Waals surface area contributed by atoms with Crippen LogP contribution in [0.1, 0.15) is 16.1 Å². The minimum Gasteiger partial charge on any atom is -0.465 e. The van der Waals surface area contributed by atoms with Crippen LogP contribution < -0.4 is 4.74 Å². The van der Waals surface area contributed by atoms with Crippen LogP contribution in [-0.4, -0.2) is 29.4 Å². The largest absolute Gasteiger partial charge is 0.573 e. The lowest BCUT2D eigenvalue weighted by atomic mass is 10.1. The maximum Gasteiger partial charge on any atom is 0.573 e. The van der Waals surface area contributed by atoms with Gasteiger partial charge < -0.3 is 14.5 Å². The number of rotatable bonds is 3. The van der Waals surface area contributed by atoms with Crippen LogP contribution in [0.4, 0.5) is 13.2 Å². The van der Waals surface area contributed by atoms with Crippen LogP contribution in [0.25, 0.3) is 11.3 Å². The molecule has 0 bridgehead atoms. The molecule has 0 fully saturated rings. The highest BCUT2D eigenvalue weighted by Crippen LogP contribution is 2.34. The molecule has 0 aliphatic carbocycles. The third kappa shape index (κ3) is 3.15. The number of carbonyl (C=O) groups excluding carboxylic acids is 1. The predicted molar refractivity (Wildman–Crippen MR) is 66.8 cm³/mol. The van der Waals surface area contributed by atoms with Crippen molar-refractivity contribution in [2.45, 2.75) is 13.3 Å². The highest BCUT2D eigenvalue weighted by Gasteiger charge is 2.33. The number of alkyl halides is 3. The number of pyridine rings is 1. The van der Waals surface area contributed by atoms with Gasteiger partial charge in [-0.25, -0.2) is 4.79 Å². The number of methoxy groups -OCH3 is 1. The summed E-state index contributed by atoms with van der Waals surface area (Å²) in [7, 11) is 1.18. The van der Waals surface area contributed by atoms with Gasteiger partial charge in [0.05, 0.1) is 12.7 Å². The first kappa shape index (κ1) is 14.9. The molecule has 2 heterocycles. The van der Waals surface area contributed by atoms with Gasteiger partial charge in [0.2, 0.25) is 0 Å². The van der Waals surface area contributed by atoms with Gasteiger partial charge in [0.25, 0.3) is 0 Å². The van der Waals surface area contributed by atoms with Gasteiger partial charge in [-0.3, -0.25) is 4.98 Å². The number of hydrogen-bond donors (Lipinski definition) is 1. The monoisotopic (exact) mass is 300 g/mol. The maximum absolute atomic E-state index is 12.4. The molecule has 21 heavy (non-hydrogen) atoms. The Labute approximate surface area is 117 Å². The lowest BCUT2D eigenvalue weighted by Gasteiger charge is -2.12. The molecule has 112 valence electrons. The van der Waals surface area contributed by atoms with Crippen molar-refractivity contribution < 1.29 is 27.4 Å². The number of hydrogen-bond acceptors (Lipinski definition) is 4. The molecule has 0 atom stereocenters. The second-order valence-electron chi connectivity index (χ2n) is 4.09. The van der Waals surface area contributed by atoms with E-state index < -0.39 is 18.1 Å². The quantitative estimate of drug-likeness (QED) is 0.885. The van der Waals surface area contributed by atoms with Gasteiger partial charge in [0.15, 0.2) is 5.75 Å². The fraction of sp³-hybridized carbons (Fsp3) is 0.231. The van der Waals surface area contributed by atoms with Gasteiger partial charge in [-0.1, -0.05) is 0 Å². The minimum absolute atomic E-state index is 0.0976. The van der Waals surface area contributed by atoms with Gasteiger partial charge >= 0.3 is 12.3 Å². The molecule has 2 aromatic heterocycles. The van der Waals surface area contributed by atoms with Gasteiger partial charge in [-0.05, 0) is 19.1 Å². The average molecular weight is 300 g/mol. The second-order valence-corrected chi connectivity index (χ2v) is 4.09. The molecule has 0 aromatic carbocycles. The predicted octanol–water partition coefficient (Wildman–Crippen LogP) is 3.07. The zero-order valence-corrected chi connectivity index (χ0v) is 11.1. The van der Waals surface area contributed by atoms with Crippen molar-refractivity contribution in [2.75, 3.05) is 7.11 Å². The van der Waals surface area contributed by atoms with E-state index in [0.717, 1.165) is 6.07 Å². The minimum atomic E-state index is -4.85. The standard InChI is InChI=1S/C13H11F3N2O3/c1-7-10(12(19)20-2)8(6-18-7)11-9(4-3-5-17-11)21-13(14,15)16/h3-6,18H,1-2H3. The van der Waals surface area contributed by atoms with Crippen LogP contribution in [-0.2, 0) is 4.74 Å². The summed E-state index contributed by atoms with van der Waals surface area (Å²) in [5.41, 5.74) is 0.655. The first-order chi connectivity index (χ1) is 9.83. The highest BCUT2D eigenvalue weighted by atomic mass is 19.4. The first-order valence-electron chi connectivity index (χ1n) is 5.81. The molecule has 0 saturated carbocycles. The summed E-state index contributed by atoms with van der Waals surface area (Å²) < 4.78 is 45.8. The van der Waals surface area contributed by atoms with Crippen LogP contribution >= 0.6 is 0 Å². The molecule has 0 saturated heterocycles. The normalized spacial score (nSPS) is 11.3. The molecule has 5 nitrogen and oxygen atoms in total. The van der Waals surface area contributed by atoms with Crippen molar-refractivity contribution >= 4 is 5.97 Å². The van der Waals surface area contributed by atoms with Gasteiger partial charge in [-0.15, -0.1) is 13.2 Å². The summed E-state index contributed by atoms with van der Waals surface area (Å²) >= 11 is 0. The first-order valence-corrected chi connectivity index (χ1v) is 5.81. The number of nitrogens with one attached hydrogen (secondary N) is 1. The van der Waals surface area contributed by atoms with Crippen molar-refractivity contribution in [1.82, 2.24) is 9.97 Å². The molecule has 2 rings (SSSR count). The van der Waals surface area contributed by atoms with E-state index in [1.54, 1.807) is 6.92 Å². The molecular formula is C13H11F3N2O3. The second kappa shape index (κ2) is 5.47. The number of aromatic nitrogens is 2. The SMILES string of the molecule is COC(=O)c1c(-c2ncccc2OC(F)(F)F)c[nH]c1C. The summed E-state index contributed by atoms with van der Waals surface area (Å²) in [5, 5.41) is 0. The van der Waals surface area contributed by atoms with Crippen LogP contribution in [0.2, 0.25) is 0 Å². The Morgan fingerprint density at radius 3 is 2.71 bits per heavy atom. The number of carbonyl (C=O) groups is 1. The molecule has 0 radical (unpaired) electrons. The number of H-pyrrole nitrogens is 1. The molecule has 0 unspecified atom stereocenters. The Hall–Kier alpha value is -2.51. The van der Waals surface area contributed by atoms with Gasteiger partial charge in [0, 0.05) is 23.7 Å². The summed E-state index contributed by atoms with van der Waals surface area (Å²) in [5.74, 6) is -1.17. The van der Waals surface area contributed by atoms with E-state index in [4.69, 9.17) is 0 Å². The number of esters is 1. The van der Waals surface area contributed by atoms with E-state index in [1.807, 2.05) is 0 Å². The highest BCUT2D eigenvalue weighted by molar-refractivity contribution is 5.98. The number of aryl methyl sites for hydroxylation is 1. The van der Waals surface area contributed by atoms with Crippen molar-refractivity contribution in [1.29, 1.82) is 0 Å². The van der Waals surface area contributed by atoms with Crippen LogP contribution in [0, 0.1) is 6.92 Å². The Morgan fingerprint density at radius 1 is 1.38 bits per heavy atom. The summed E-state index contributed by atoms with van der Waals surface area (Å²) in [6.07, 6.45) is -2.16. The van der Waals surface area contributed by atoms with Gasteiger partial charge in [-0.2, -0.15) is 0 Å². The Bertz CT molecular complexity index is 665. The molecule has 0 aliphatic heterocycles. The fourth-order valence-electron chi connectivity index (χ4n) is 1.88. The zero-order valence-electron chi connectivity index (χ0n) is 11.1. The van der Waals surface area contributed by atoms with E-state index in [1.165, 1.54) is 25.6 Å². The zero-order chi connectivity index (χ0) is 15.6. The Balaban J connectivity index is 2.56. The third-order valence-corrected chi connectivity index (χ3v) is 2.72. The lowest BCUT2D eigenvalue weighted by Crippen LogP contribution is -2.18. The molecule has 1 N–H and O–H groups in total. The van der Waals surface area contributed by atoms with Crippen molar-refractivity contribution in [3.05, 3.63) is 35.8 Å². The number of aromatic amines is 1. The number of nitrogens with zero attached hydrogens (tertiary/aromatic N) is 1. The lowest BCUT2D eigenvalue weighted by molar-refractivity contribution is -0.274. The summed E-state index contributed by atoms with van der Waals surface area (Å²) in [6, 6.07) is 2.43. The van der Waals surface area contributed by atoms with Gasteiger partial charge in [0.1, 0.15) is 5.69 Å². The molecule has 0 aliphatic rings. The van der Waals surface area contributed by atoms with Crippen molar-refractivity contribution in [2.24, 2.45) is 0 Å². The van der Waals surface area contributed by atoms with Crippen LogP contribution in [0.5, 0.6) is 5.75 Å². The molecule has 2 aromatic rings. The van der Waals surface area contributed by atoms with E-state index >= 15 is 0 Å². The Kier molecular flexibility index (Phi) is 3.88. The molecular weight excluding hydrogens is 289 g/mol. The van der Waals surface area contributed by atoms with E-state index in [9.17, 15) is 18.0 Å². The number of ether oxygens (including phenoxy) is 2. The van der Waals surface area contributed by atoms with E-state index in [-0.39, 0.29) is 16.8 Å².